The maximum absolute atomic E-state index is 13.4. The molecule has 0 aliphatic rings. The van der Waals surface area contributed by atoms with Gasteiger partial charge in [0.2, 0.25) is 0 Å². The molecule has 0 bridgehead atoms. The first-order chi connectivity index (χ1) is 8.43. The summed E-state index contributed by atoms with van der Waals surface area (Å²) in [5.74, 6) is -1.31. The summed E-state index contributed by atoms with van der Waals surface area (Å²) in [5.41, 5.74) is 6.14. The number of halogens is 1. The number of carbonyl (C=O) groups is 1. The Kier molecular flexibility index (Phi) is 5.06. The lowest BCUT2D eigenvalue weighted by Gasteiger charge is -2.19. The third-order valence-corrected chi connectivity index (χ3v) is 2.49. The van der Waals surface area contributed by atoms with Gasteiger partial charge in [-0.3, -0.25) is 9.69 Å². The van der Waals surface area contributed by atoms with Gasteiger partial charge in [-0.2, -0.15) is 0 Å². The molecule has 3 N–H and O–H groups in total. The van der Waals surface area contributed by atoms with E-state index in [9.17, 15) is 9.18 Å². The van der Waals surface area contributed by atoms with Crippen molar-refractivity contribution in [2.24, 2.45) is 5.73 Å². The van der Waals surface area contributed by atoms with Gasteiger partial charge in [-0.05, 0) is 24.7 Å². The Morgan fingerprint density at radius 2 is 2.28 bits per heavy atom. The Labute approximate surface area is 105 Å². The number of hydrogen-bond donors (Lipinski definition) is 2. The van der Waals surface area contributed by atoms with E-state index in [0.29, 0.717) is 6.54 Å². The molecule has 1 unspecified atom stereocenters. The van der Waals surface area contributed by atoms with Crippen molar-refractivity contribution in [1.29, 1.82) is 0 Å². The number of carboxylic acids is 1. The summed E-state index contributed by atoms with van der Waals surface area (Å²) in [6, 6.07) is 3.68. The van der Waals surface area contributed by atoms with Crippen molar-refractivity contribution < 1.29 is 19.0 Å². The van der Waals surface area contributed by atoms with Gasteiger partial charge in [-0.25, -0.2) is 4.39 Å². The van der Waals surface area contributed by atoms with E-state index < -0.39 is 17.8 Å². The van der Waals surface area contributed by atoms with Crippen LogP contribution in [0.5, 0.6) is 5.75 Å². The standard InChI is InChI=1S/C12H17FN2O3/c1-15(7-10(14)12(16)17)6-8-3-4-11(18-2)9(13)5-8/h3-5,10H,6-7,14H2,1-2H3,(H,16,17). The fraction of sp³-hybridized carbons (Fsp3) is 0.417. The smallest absolute Gasteiger partial charge is 0.321 e. The third kappa shape index (κ3) is 3.97. The molecule has 0 aromatic heterocycles. The number of aliphatic carboxylic acids is 1. The average molecular weight is 256 g/mol. The number of ether oxygens (including phenoxy) is 1. The summed E-state index contributed by atoms with van der Waals surface area (Å²) in [7, 11) is 3.13. The van der Waals surface area contributed by atoms with Gasteiger partial charge in [0.1, 0.15) is 6.04 Å². The molecule has 6 heteroatoms. The summed E-state index contributed by atoms with van der Waals surface area (Å²) in [6.07, 6.45) is 0. The van der Waals surface area contributed by atoms with Gasteiger partial charge in [0.05, 0.1) is 7.11 Å². The van der Waals surface area contributed by atoms with Crippen LogP contribution in [0.2, 0.25) is 0 Å². The minimum atomic E-state index is -1.05. The zero-order chi connectivity index (χ0) is 13.7. The van der Waals surface area contributed by atoms with Gasteiger partial charge >= 0.3 is 5.97 Å². The molecular weight excluding hydrogens is 239 g/mol. The van der Waals surface area contributed by atoms with E-state index in [1.54, 1.807) is 18.0 Å². The predicted molar refractivity (Wildman–Crippen MR) is 64.9 cm³/mol. The second-order valence-corrected chi connectivity index (χ2v) is 4.11. The lowest BCUT2D eigenvalue weighted by atomic mass is 10.2. The molecule has 0 saturated carbocycles. The Hall–Kier alpha value is -1.66. The second kappa shape index (κ2) is 6.32. The van der Waals surface area contributed by atoms with Crippen LogP contribution in [-0.4, -0.2) is 42.7 Å². The van der Waals surface area contributed by atoms with Gasteiger partial charge in [-0.15, -0.1) is 0 Å². The van der Waals surface area contributed by atoms with E-state index in [1.807, 2.05) is 0 Å². The summed E-state index contributed by atoms with van der Waals surface area (Å²) in [4.78, 5) is 12.3. The van der Waals surface area contributed by atoms with Crippen LogP contribution < -0.4 is 10.5 Å². The zero-order valence-electron chi connectivity index (χ0n) is 10.4. The minimum absolute atomic E-state index is 0.184. The van der Waals surface area contributed by atoms with Gasteiger partial charge < -0.3 is 15.6 Å². The van der Waals surface area contributed by atoms with E-state index in [4.69, 9.17) is 15.6 Å². The van der Waals surface area contributed by atoms with E-state index in [1.165, 1.54) is 19.2 Å². The monoisotopic (exact) mass is 256 g/mol. The van der Waals surface area contributed by atoms with Crippen LogP contribution in [0.3, 0.4) is 0 Å². The summed E-state index contributed by atoms with van der Waals surface area (Å²) in [6.45, 7) is 0.616. The molecule has 1 atom stereocenters. The molecule has 18 heavy (non-hydrogen) atoms. The molecule has 0 heterocycles. The molecular formula is C12H17FN2O3. The first-order valence-corrected chi connectivity index (χ1v) is 5.43. The molecule has 0 amide bonds. The molecule has 100 valence electrons. The summed E-state index contributed by atoms with van der Waals surface area (Å²) in [5, 5.41) is 8.68. The normalized spacial score (nSPS) is 12.5. The van der Waals surface area contributed by atoms with Crippen LogP contribution in [0.25, 0.3) is 0 Å². The van der Waals surface area contributed by atoms with Gasteiger partial charge in [0, 0.05) is 13.1 Å². The highest BCUT2D eigenvalue weighted by Gasteiger charge is 2.14. The van der Waals surface area contributed by atoms with Crippen LogP contribution in [0.4, 0.5) is 4.39 Å². The Morgan fingerprint density at radius 3 is 2.78 bits per heavy atom. The van der Waals surface area contributed by atoms with Crippen LogP contribution in [0.15, 0.2) is 18.2 Å². The number of nitrogens with two attached hydrogens (primary N) is 1. The number of methoxy groups -OCH3 is 1. The minimum Gasteiger partial charge on any atom is -0.494 e. The molecule has 0 spiro atoms. The molecule has 0 saturated heterocycles. The number of nitrogens with zero attached hydrogens (tertiary/aromatic N) is 1. The topological polar surface area (TPSA) is 75.8 Å². The van der Waals surface area contributed by atoms with E-state index in [2.05, 4.69) is 0 Å². The number of hydrogen-bond acceptors (Lipinski definition) is 4. The Balaban J connectivity index is 2.62. The fourth-order valence-corrected chi connectivity index (χ4v) is 1.60. The number of carboxylic acid groups (broad SMARTS) is 1. The van der Waals surface area contributed by atoms with Crippen LogP contribution >= 0.6 is 0 Å². The maximum atomic E-state index is 13.4. The lowest BCUT2D eigenvalue weighted by Crippen LogP contribution is -2.40. The predicted octanol–water partition coefficient (Wildman–Crippen LogP) is 0.678. The van der Waals surface area contributed by atoms with Crippen molar-refractivity contribution in [3.63, 3.8) is 0 Å². The fourth-order valence-electron chi connectivity index (χ4n) is 1.60. The molecule has 1 rings (SSSR count). The van der Waals surface area contributed by atoms with Crippen molar-refractivity contribution in [2.45, 2.75) is 12.6 Å². The molecule has 0 aliphatic carbocycles. The molecule has 1 aromatic rings. The van der Waals surface area contributed by atoms with Crippen LogP contribution in [-0.2, 0) is 11.3 Å². The van der Waals surface area contributed by atoms with Crippen molar-refractivity contribution in [1.82, 2.24) is 4.90 Å². The molecule has 5 nitrogen and oxygen atoms in total. The maximum Gasteiger partial charge on any atom is 0.321 e. The third-order valence-electron chi connectivity index (χ3n) is 2.49. The van der Waals surface area contributed by atoms with Gasteiger partial charge in [0.15, 0.2) is 11.6 Å². The van der Waals surface area contributed by atoms with Crippen molar-refractivity contribution >= 4 is 5.97 Å². The number of rotatable bonds is 6. The van der Waals surface area contributed by atoms with Crippen molar-refractivity contribution in [2.75, 3.05) is 20.7 Å². The SMILES string of the molecule is COc1ccc(CN(C)CC(N)C(=O)O)cc1F. The first-order valence-electron chi connectivity index (χ1n) is 5.43. The average Bonchev–Trinajstić information content (AvgIpc) is 2.28. The van der Waals surface area contributed by atoms with E-state index >= 15 is 0 Å². The Morgan fingerprint density at radius 1 is 1.61 bits per heavy atom. The number of benzene rings is 1. The van der Waals surface area contributed by atoms with Crippen molar-refractivity contribution in [3.05, 3.63) is 29.6 Å². The Bertz CT molecular complexity index is 426. The molecule has 0 radical (unpaired) electrons. The molecule has 0 fully saturated rings. The number of likely N-dealkylation sites (N-methyl/N-ethyl adjacent to an activating group) is 1. The van der Waals surface area contributed by atoms with Gasteiger partial charge in [0.25, 0.3) is 0 Å². The van der Waals surface area contributed by atoms with Gasteiger partial charge in [-0.1, -0.05) is 6.07 Å². The molecule has 0 aliphatic heterocycles. The molecule has 1 aromatic carbocycles. The van der Waals surface area contributed by atoms with Crippen LogP contribution in [0.1, 0.15) is 5.56 Å². The second-order valence-electron chi connectivity index (χ2n) is 4.11. The van der Waals surface area contributed by atoms with Crippen molar-refractivity contribution in [3.8, 4) is 5.75 Å². The zero-order valence-corrected chi connectivity index (χ0v) is 10.4. The van der Waals surface area contributed by atoms with Crippen LogP contribution in [0, 0.1) is 5.82 Å². The highest BCUT2D eigenvalue weighted by molar-refractivity contribution is 5.73. The quantitative estimate of drug-likeness (QED) is 0.782. The summed E-state index contributed by atoms with van der Waals surface area (Å²) < 4.78 is 18.2. The highest BCUT2D eigenvalue weighted by Crippen LogP contribution is 2.18. The van der Waals surface area contributed by atoms with E-state index in [-0.39, 0.29) is 12.3 Å². The largest absolute Gasteiger partial charge is 0.494 e. The lowest BCUT2D eigenvalue weighted by molar-refractivity contribution is -0.138. The summed E-state index contributed by atoms with van der Waals surface area (Å²) >= 11 is 0. The highest BCUT2D eigenvalue weighted by atomic mass is 19.1. The first kappa shape index (κ1) is 14.4. The van der Waals surface area contributed by atoms with E-state index in [0.717, 1.165) is 5.56 Å².